The average molecular weight is 260 g/mol. The van der Waals surface area contributed by atoms with E-state index in [9.17, 15) is 5.26 Å². The Balaban J connectivity index is 1.80. The van der Waals surface area contributed by atoms with Gasteiger partial charge < -0.3 is 0 Å². The lowest BCUT2D eigenvalue weighted by atomic mass is 9.68. The topological polar surface area (TPSA) is 36.7 Å². The third-order valence-electron chi connectivity index (χ3n) is 3.36. The lowest BCUT2D eigenvalue weighted by Gasteiger charge is -2.34. The van der Waals surface area contributed by atoms with Gasteiger partial charge in [-0.3, -0.25) is 0 Å². The van der Waals surface area contributed by atoms with Gasteiger partial charge in [0.15, 0.2) is 0 Å². The molecule has 0 N–H and O–H groups in total. The molecule has 0 spiro atoms. The molecule has 0 bridgehead atoms. The SMILES string of the molecule is N#CC1(Cc2nc(-c3cccs3)cs2)CCC1. The van der Waals surface area contributed by atoms with Gasteiger partial charge in [0, 0.05) is 11.8 Å². The molecular weight excluding hydrogens is 248 g/mol. The normalized spacial score (nSPS) is 17.4. The van der Waals surface area contributed by atoms with Gasteiger partial charge in [-0.1, -0.05) is 12.5 Å². The summed E-state index contributed by atoms with van der Waals surface area (Å²) in [7, 11) is 0. The van der Waals surface area contributed by atoms with E-state index in [1.54, 1.807) is 22.7 Å². The van der Waals surface area contributed by atoms with E-state index >= 15 is 0 Å². The second-order valence-electron chi connectivity index (χ2n) is 4.53. The number of aromatic nitrogens is 1. The van der Waals surface area contributed by atoms with Crippen LogP contribution in [-0.4, -0.2) is 4.98 Å². The van der Waals surface area contributed by atoms with Crippen LogP contribution in [-0.2, 0) is 6.42 Å². The molecule has 0 amide bonds. The first-order valence-corrected chi connectivity index (χ1v) is 7.47. The highest BCUT2D eigenvalue weighted by molar-refractivity contribution is 7.14. The van der Waals surface area contributed by atoms with Gasteiger partial charge in [-0.25, -0.2) is 4.98 Å². The van der Waals surface area contributed by atoms with E-state index in [0.717, 1.165) is 30.0 Å². The average Bonchev–Trinajstić information content (AvgIpc) is 2.94. The molecule has 4 heteroatoms. The lowest BCUT2D eigenvalue weighted by molar-refractivity contribution is 0.214. The van der Waals surface area contributed by atoms with Gasteiger partial charge in [0.25, 0.3) is 0 Å². The molecule has 1 fully saturated rings. The maximum Gasteiger partial charge on any atom is 0.0948 e. The van der Waals surface area contributed by atoms with Crippen molar-refractivity contribution in [3.05, 3.63) is 27.9 Å². The zero-order chi connectivity index (χ0) is 11.7. The minimum absolute atomic E-state index is 0.107. The second-order valence-corrected chi connectivity index (χ2v) is 6.42. The molecule has 0 saturated heterocycles. The second kappa shape index (κ2) is 4.25. The first-order valence-electron chi connectivity index (χ1n) is 5.71. The third kappa shape index (κ3) is 2.01. The number of hydrogen-bond donors (Lipinski definition) is 0. The van der Waals surface area contributed by atoms with Crippen molar-refractivity contribution in [1.82, 2.24) is 4.98 Å². The summed E-state index contributed by atoms with van der Waals surface area (Å²) in [5.74, 6) is 0. The molecule has 2 nitrogen and oxygen atoms in total. The van der Waals surface area contributed by atoms with Gasteiger partial charge >= 0.3 is 0 Å². The largest absolute Gasteiger partial charge is 0.240 e. The van der Waals surface area contributed by atoms with Gasteiger partial charge in [-0.2, -0.15) is 5.26 Å². The first kappa shape index (κ1) is 10.9. The highest BCUT2D eigenvalue weighted by Gasteiger charge is 2.38. The van der Waals surface area contributed by atoms with Gasteiger partial charge in [0.1, 0.15) is 0 Å². The molecule has 86 valence electrons. The van der Waals surface area contributed by atoms with Crippen LogP contribution in [0.4, 0.5) is 0 Å². The fourth-order valence-corrected chi connectivity index (χ4v) is 3.85. The van der Waals surface area contributed by atoms with E-state index < -0.39 is 0 Å². The van der Waals surface area contributed by atoms with Gasteiger partial charge in [-0.05, 0) is 24.3 Å². The van der Waals surface area contributed by atoms with E-state index in [2.05, 4.69) is 27.9 Å². The van der Waals surface area contributed by atoms with Crippen LogP contribution in [0.25, 0.3) is 10.6 Å². The van der Waals surface area contributed by atoms with Crippen LogP contribution in [0, 0.1) is 16.7 Å². The maximum atomic E-state index is 9.22. The highest BCUT2D eigenvalue weighted by atomic mass is 32.1. The molecule has 1 aliphatic carbocycles. The molecule has 3 rings (SSSR count). The van der Waals surface area contributed by atoms with Crippen LogP contribution in [0.1, 0.15) is 24.3 Å². The fourth-order valence-electron chi connectivity index (χ4n) is 2.15. The summed E-state index contributed by atoms with van der Waals surface area (Å²) in [5.41, 5.74) is 0.956. The molecule has 2 aromatic rings. The molecule has 0 aromatic carbocycles. The Hall–Kier alpha value is -1.18. The summed E-state index contributed by atoms with van der Waals surface area (Å²) in [5, 5.41) is 14.5. The Morgan fingerprint density at radius 2 is 2.29 bits per heavy atom. The van der Waals surface area contributed by atoms with Crippen molar-refractivity contribution >= 4 is 22.7 Å². The minimum atomic E-state index is -0.107. The van der Waals surface area contributed by atoms with E-state index in [1.807, 2.05) is 6.07 Å². The van der Waals surface area contributed by atoms with Gasteiger partial charge in [0.2, 0.25) is 0 Å². The Bertz CT molecular complexity index is 544. The van der Waals surface area contributed by atoms with E-state index in [0.29, 0.717) is 0 Å². The molecule has 0 radical (unpaired) electrons. The molecule has 1 saturated carbocycles. The monoisotopic (exact) mass is 260 g/mol. The van der Waals surface area contributed by atoms with Gasteiger partial charge in [-0.15, -0.1) is 22.7 Å². The summed E-state index contributed by atoms with van der Waals surface area (Å²) in [4.78, 5) is 5.86. The molecule has 0 aliphatic heterocycles. The summed E-state index contributed by atoms with van der Waals surface area (Å²) >= 11 is 3.40. The summed E-state index contributed by atoms with van der Waals surface area (Å²) in [6.07, 6.45) is 4.10. The number of thiazole rings is 1. The molecule has 17 heavy (non-hydrogen) atoms. The summed E-state index contributed by atoms with van der Waals surface area (Å²) in [6, 6.07) is 6.61. The molecule has 1 aliphatic rings. The van der Waals surface area contributed by atoms with Crippen LogP contribution < -0.4 is 0 Å². The zero-order valence-corrected chi connectivity index (χ0v) is 11.0. The number of nitriles is 1. The van der Waals surface area contributed by atoms with Crippen LogP contribution in [0.5, 0.6) is 0 Å². The standard InChI is InChI=1S/C13H12N2S2/c14-9-13(4-2-5-13)7-12-15-10(8-17-12)11-3-1-6-16-11/h1,3,6,8H,2,4-5,7H2. The Morgan fingerprint density at radius 3 is 2.88 bits per heavy atom. The smallest absolute Gasteiger partial charge is 0.0948 e. The number of thiophene rings is 1. The fraction of sp³-hybridized carbons (Fsp3) is 0.385. The van der Waals surface area contributed by atoms with Crippen molar-refractivity contribution in [2.45, 2.75) is 25.7 Å². The molecule has 2 aromatic heterocycles. The van der Waals surface area contributed by atoms with Crippen molar-refractivity contribution in [2.75, 3.05) is 0 Å². The Labute approximate surface area is 109 Å². The van der Waals surface area contributed by atoms with Crippen LogP contribution >= 0.6 is 22.7 Å². The maximum absolute atomic E-state index is 9.22. The Morgan fingerprint density at radius 1 is 1.41 bits per heavy atom. The van der Waals surface area contributed by atoms with E-state index in [1.165, 1.54) is 11.3 Å². The lowest BCUT2D eigenvalue weighted by Crippen LogP contribution is -2.29. The van der Waals surface area contributed by atoms with Crippen molar-refractivity contribution < 1.29 is 0 Å². The third-order valence-corrected chi connectivity index (χ3v) is 5.10. The highest BCUT2D eigenvalue weighted by Crippen LogP contribution is 2.43. The quantitative estimate of drug-likeness (QED) is 0.832. The summed E-state index contributed by atoms with van der Waals surface area (Å²) in [6.45, 7) is 0. The molecule has 0 unspecified atom stereocenters. The van der Waals surface area contributed by atoms with Crippen LogP contribution in [0.3, 0.4) is 0 Å². The van der Waals surface area contributed by atoms with Crippen LogP contribution in [0.2, 0.25) is 0 Å². The molecule has 0 atom stereocenters. The number of nitrogens with zero attached hydrogens (tertiary/aromatic N) is 2. The molecule has 2 heterocycles. The predicted molar refractivity (Wildman–Crippen MR) is 71.0 cm³/mol. The molecular formula is C13H12N2S2. The number of hydrogen-bond acceptors (Lipinski definition) is 4. The van der Waals surface area contributed by atoms with Crippen LogP contribution in [0.15, 0.2) is 22.9 Å². The Kier molecular flexibility index (Phi) is 2.73. The first-order chi connectivity index (χ1) is 8.31. The predicted octanol–water partition coefficient (Wildman–Crippen LogP) is 4.11. The van der Waals surface area contributed by atoms with Crippen molar-refractivity contribution in [3.8, 4) is 16.6 Å². The van der Waals surface area contributed by atoms with E-state index in [4.69, 9.17) is 0 Å². The van der Waals surface area contributed by atoms with Gasteiger partial charge in [0.05, 0.1) is 27.1 Å². The zero-order valence-electron chi connectivity index (χ0n) is 9.35. The number of rotatable bonds is 3. The van der Waals surface area contributed by atoms with Crippen molar-refractivity contribution in [3.63, 3.8) is 0 Å². The van der Waals surface area contributed by atoms with Crippen molar-refractivity contribution in [2.24, 2.45) is 5.41 Å². The minimum Gasteiger partial charge on any atom is -0.240 e. The summed E-state index contributed by atoms with van der Waals surface area (Å²) < 4.78 is 0. The van der Waals surface area contributed by atoms with Crippen molar-refractivity contribution in [1.29, 1.82) is 5.26 Å². The van der Waals surface area contributed by atoms with E-state index in [-0.39, 0.29) is 5.41 Å².